The maximum Gasteiger partial charge on any atom is 0.324 e. The van der Waals surface area contributed by atoms with Crippen LogP contribution in [0, 0.1) is 5.92 Å². The second kappa shape index (κ2) is 5.49. The number of nitrogens with one attached hydrogen (secondary N) is 1. The third-order valence-corrected chi connectivity index (χ3v) is 4.89. The van der Waals surface area contributed by atoms with Gasteiger partial charge in [-0.25, -0.2) is 9.78 Å². The van der Waals surface area contributed by atoms with Crippen LogP contribution in [0.15, 0.2) is 11.6 Å². The molecule has 1 N–H and O–H groups in total. The van der Waals surface area contributed by atoms with Gasteiger partial charge in [0.15, 0.2) is 5.13 Å². The van der Waals surface area contributed by atoms with Gasteiger partial charge in [-0.15, -0.1) is 11.3 Å². The van der Waals surface area contributed by atoms with Crippen LogP contribution in [-0.2, 0) is 0 Å². The molecule has 104 valence electrons. The number of anilines is 1. The van der Waals surface area contributed by atoms with E-state index in [1.165, 1.54) is 24.2 Å². The highest BCUT2D eigenvalue weighted by atomic mass is 32.1. The Bertz CT molecular complexity index is 422. The van der Waals surface area contributed by atoms with Crippen LogP contribution in [0.4, 0.5) is 9.93 Å². The lowest BCUT2D eigenvalue weighted by Crippen LogP contribution is -2.45. The molecule has 0 aliphatic heterocycles. The molecule has 2 saturated carbocycles. The highest BCUT2D eigenvalue weighted by molar-refractivity contribution is 7.13. The number of hydrogen-bond acceptors (Lipinski definition) is 3. The first-order chi connectivity index (χ1) is 9.24. The van der Waals surface area contributed by atoms with Crippen molar-refractivity contribution < 1.29 is 4.79 Å². The van der Waals surface area contributed by atoms with Gasteiger partial charge in [0.05, 0.1) is 0 Å². The van der Waals surface area contributed by atoms with E-state index in [-0.39, 0.29) is 6.03 Å². The van der Waals surface area contributed by atoms with Crippen LogP contribution in [0.2, 0.25) is 0 Å². The number of nitrogens with zero attached hydrogens (tertiary/aromatic N) is 2. The fourth-order valence-electron chi connectivity index (χ4n) is 2.94. The molecule has 2 amide bonds. The molecule has 2 fully saturated rings. The second-order valence-electron chi connectivity index (χ2n) is 5.82. The summed E-state index contributed by atoms with van der Waals surface area (Å²) >= 11 is 1.48. The van der Waals surface area contributed by atoms with Crippen LogP contribution in [0.25, 0.3) is 0 Å². The summed E-state index contributed by atoms with van der Waals surface area (Å²) in [6.45, 7) is 2.31. The zero-order valence-corrected chi connectivity index (χ0v) is 12.2. The van der Waals surface area contributed by atoms with Crippen LogP contribution in [0.3, 0.4) is 0 Å². The van der Waals surface area contributed by atoms with Gasteiger partial charge in [0, 0.05) is 23.7 Å². The van der Waals surface area contributed by atoms with Gasteiger partial charge in [0.1, 0.15) is 0 Å². The fraction of sp³-hybridized carbons (Fsp3) is 0.714. The number of urea groups is 1. The van der Waals surface area contributed by atoms with Crippen molar-refractivity contribution in [1.82, 2.24) is 9.88 Å². The van der Waals surface area contributed by atoms with E-state index in [2.05, 4.69) is 22.1 Å². The quantitative estimate of drug-likeness (QED) is 0.916. The first kappa shape index (κ1) is 12.9. The standard InChI is InChI=1S/C14H21N3OS/c1-10-2-4-11(5-3-10)17(12-6-7-12)14(18)16-13-15-8-9-19-13/h8-12H,2-7H2,1H3,(H,15,16,18). The molecule has 19 heavy (non-hydrogen) atoms. The van der Waals surface area contributed by atoms with Crippen molar-refractivity contribution in [2.45, 2.75) is 57.5 Å². The molecule has 2 aliphatic carbocycles. The number of carbonyl (C=O) groups excluding carboxylic acids is 1. The van der Waals surface area contributed by atoms with Crippen LogP contribution < -0.4 is 5.32 Å². The Morgan fingerprint density at radius 1 is 1.26 bits per heavy atom. The first-order valence-electron chi connectivity index (χ1n) is 7.23. The van der Waals surface area contributed by atoms with Gasteiger partial charge in [-0.3, -0.25) is 5.32 Å². The van der Waals surface area contributed by atoms with E-state index in [9.17, 15) is 4.79 Å². The van der Waals surface area contributed by atoms with Crippen molar-refractivity contribution in [1.29, 1.82) is 0 Å². The molecule has 5 heteroatoms. The second-order valence-corrected chi connectivity index (χ2v) is 6.71. The minimum Gasteiger partial charge on any atom is -0.319 e. The number of hydrogen-bond donors (Lipinski definition) is 1. The molecule has 0 unspecified atom stereocenters. The van der Waals surface area contributed by atoms with Crippen LogP contribution in [-0.4, -0.2) is 28.0 Å². The van der Waals surface area contributed by atoms with Gasteiger partial charge >= 0.3 is 6.03 Å². The summed E-state index contributed by atoms with van der Waals surface area (Å²) in [7, 11) is 0. The molecule has 1 aromatic heterocycles. The Labute approximate surface area is 118 Å². The van der Waals surface area contributed by atoms with Crippen molar-refractivity contribution in [2.75, 3.05) is 5.32 Å². The van der Waals surface area contributed by atoms with Crippen LogP contribution in [0.1, 0.15) is 45.4 Å². The maximum absolute atomic E-state index is 12.5. The van der Waals surface area contributed by atoms with E-state index in [1.54, 1.807) is 6.20 Å². The van der Waals surface area contributed by atoms with Gasteiger partial charge in [-0.1, -0.05) is 6.92 Å². The maximum atomic E-state index is 12.5. The Hall–Kier alpha value is -1.10. The summed E-state index contributed by atoms with van der Waals surface area (Å²) in [6.07, 6.45) is 8.86. The summed E-state index contributed by atoms with van der Waals surface area (Å²) in [5.74, 6) is 0.819. The number of aromatic nitrogens is 1. The SMILES string of the molecule is CC1CCC(N(C(=O)Nc2nccs2)C2CC2)CC1. The van der Waals surface area contributed by atoms with Crippen molar-refractivity contribution >= 4 is 22.5 Å². The molecule has 0 aromatic carbocycles. The average molecular weight is 279 g/mol. The lowest BCUT2D eigenvalue weighted by molar-refractivity contribution is 0.151. The van der Waals surface area contributed by atoms with Crippen LogP contribution in [0.5, 0.6) is 0 Å². The van der Waals surface area contributed by atoms with E-state index < -0.39 is 0 Å². The Balaban J connectivity index is 1.65. The summed E-state index contributed by atoms with van der Waals surface area (Å²) in [5, 5.41) is 5.54. The van der Waals surface area contributed by atoms with E-state index in [0.29, 0.717) is 17.2 Å². The number of thiazole rings is 1. The number of carbonyl (C=O) groups is 1. The molecule has 0 saturated heterocycles. The Morgan fingerprint density at radius 2 is 1.89 bits per heavy atom. The van der Waals surface area contributed by atoms with Gasteiger partial charge < -0.3 is 4.90 Å². The molecule has 0 bridgehead atoms. The molecular weight excluding hydrogens is 258 g/mol. The van der Waals surface area contributed by atoms with Gasteiger partial charge in [0.2, 0.25) is 0 Å². The number of amides is 2. The van der Waals surface area contributed by atoms with Crippen molar-refractivity contribution in [3.8, 4) is 0 Å². The Kier molecular flexibility index (Phi) is 3.73. The molecule has 2 aliphatic rings. The lowest BCUT2D eigenvalue weighted by atomic mass is 9.86. The summed E-state index contributed by atoms with van der Waals surface area (Å²) < 4.78 is 0. The van der Waals surface area contributed by atoms with Crippen LogP contribution >= 0.6 is 11.3 Å². The molecule has 4 nitrogen and oxygen atoms in total. The summed E-state index contributed by atoms with van der Waals surface area (Å²) in [5.41, 5.74) is 0. The van der Waals surface area contributed by atoms with Gasteiger partial charge in [0.25, 0.3) is 0 Å². The van der Waals surface area contributed by atoms with E-state index in [4.69, 9.17) is 0 Å². The summed E-state index contributed by atoms with van der Waals surface area (Å²) in [6, 6.07) is 0.957. The normalized spacial score (nSPS) is 27.0. The predicted octanol–water partition coefficient (Wildman–Crippen LogP) is 3.72. The van der Waals surface area contributed by atoms with Crippen molar-refractivity contribution in [2.24, 2.45) is 5.92 Å². The van der Waals surface area contributed by atoms with Crippen molar-refractivity contribution in [3.63, 3.8) is 0 Å². The molecular formula is C14H21N3OS. The third kappa shape index (κ3) is 3.08. The highest BCUT2D eigenvalue weighted by Gasteiger charge is 2.38. The molecule has 3 rings (SSSR count). The average Bonchev–Trinajstić information content (AvgIpc) is 3.09. The molecule has 1 heterocycles. The first-order valence-corrected chi connectivity index (χ1v) is 8.11. The molecule has 1 aromatic rings. The van der Waals surface area contributed by atoms with E-state index >= 15 is 0 Å². The zero-order valence-electron chi connectivity index (χ0n) is 11.3. The lowest BCUT2D eigenvalue weighted by Gasteiger charge is -2.36. The number of rotatable bonds is 3. The smallest absolute Gasteiger partial charge is 0.319 e. The van der Waals surface area contributed by atoms with Crippen molar-refractivity contribution in [3.05, 3.63) is 11.6 Å². The topological polar surface area (TPSA) is 45.2 Å². The monoisotopic (exact) mass is 279 g/mol. The molecule has 0 radical (unpaired) electrons. The minimum absolute atomic E-state index is 0.0528. The highest BCUT2D eigenvalue weighted by Crippen LogP contribution is 2.35. The largest absolute Gasteiger partial charge is 0.324 e. The van der Waals surface area contributed by atoms with Gasteiger partial charge in [-0.2, -0.15) is 0 Å². The summed E-state index contributed by atoms with van der Waals surface area (Å²) in [4.78, 5) is 18.7. The fourth-order valence-corrected chi connectivity index (χ4v) is 3.46. The van der Waals surface area contributed by atoms with E-state index in [0.717, 1.165) is 31.6 Å². The minimum atomic E-state index is 0.0528. The molecule has 0 spiro atoms. The van der Waals surface area contributed by atoms with Gasteiger partial charge in [-0.05, 0) is 44.4 Å². The molecule has 0 atom stereocenters. The predicted molar refractivity (Wildman–Crippen MR) is 77.4 cm³/mol. The van der Waals surface area contributed by atoms with E-state index in [1.807, 2.05) is 5.38 Å². The zero-order chi connectivity index (χ0) is 13.2. The third-order valence-electron chi connectivity index (χ3n) is 4.20. The Morgan fingerprint density at radius 3 is 2.42 bits per heavy atom.